The van der Waals surface area contributed by atoms with Gasteiger partial charge in [-0.15, -0.1) is 0 Å². The molecule has 1 atom stereocenters. The van der Waals surface area contributed by atoms with E-state index in [9.17, 15) is 10.0 Å². The second-order valence-corrected chi connectivity index (χ2v) is 7.49. The normalized spacial score (nSPS) is 11.9. The molecule has 2 rings (SSSR count). The Morgan fingerprint density at radius 3 is 2.43 bits per heavy atom. The monoisotopic (exact) mass is 414 g/mol. The van der Waals surface area contributed by atoms with Crippen molar-refractivity contribution in [2.75, 3.05) is 17.4 Å². The van der Waals surface area contributed by atoms with Gasteiger partial charge in [-0.05, 0) is 37.8 Å². The van der Waals surface area contributed by atoms with E-state index >= 15 is 0 Å². The third kappa shape index (κ3) is 6.42. The zero-order chi connectivity index (χ0) is 22.1. The van der Waals surface area contributed by atoms with Gasteiger partial charge in [0.05, 0.1) is 19.1 Å². The summed E-state index contributed by atoms with van der Waals surface area (Å²) in [6.07, 6.45) is 4.61. The summed E-state index contributed by atoms with van der Waals surface area (Å²) in [5.74, 6) is 0.392. The maximum absolute atomic E-state index is 11.7. The number of nitrogens with two attached hydrogens (primary N) is 1. The molecule has 0 aliphatic heterocycles. The largest absolute Gasteiger partial charge is 0.466 e. The number of nitrogens with zero attached hydrogens (tertiary/aromatic N) is 3. The summed E-state index contributed by atoms with van der Waals surface area (Å²) in [4.78, 5) is 20.3. The number of benzene rings is 1. The standard InChI is InChI=1S/C23H34N4O3/c1-5-8-9-19(6-2)27(29)22-20(16(4)25-23(24)26-22)14-17-10-12-18(13-11-17)15-21(28)30-7-3/h10-13,19,29H,5-9,14-15H2,1-4H3,(H2,24,25,26). The fourth-order valence-electron chi connectivity index (χ4n) is 3.47. The molecule has 1 heterocycles. The molecule has 0 aliphatic rings. The van der Waals surface area contributed by atoms with E-state index < -0.39 is 0 Å². The lowest BCUT2D eigenvalue weighted by atomic mass is 10.0. The van der Waals surface area contributed by atoms with Crippen LogP contribution >= 0.6 is 0 Å². The van der Waals surface area contributed by atoms with Gasteiger partial charge in [0, 0.05) is 17.7 Å². The van der Waals surface area contributed by atoms with Crippen molar-refractivity contribution in [3.05, 3.63) is 46.6 Å². The van der Waals surface area contributed by atoms with E-state index in [-0.39, 0.29) is 24.4 Å². The van der Waals surface area contributed by atoms with Gasteiger partial charge < -0.3 is 10.5 Å². The van der Waals surface area contributed by atoms with Gasteiger partial charge >= 0.3 is 5.97 Å². The molecule has 0 amide bonds. The van der Waals surface area contributed by atoms with Crippen molar-refractivity contribution in [3.8, 4) is 0 Å². The summed E-state index contributed by atoms with van der Waals surface area (Å²) >= 11 is 0. The summed E-state index contributed by atoms with van der Waals surface area (Å²) in [6.45, 7) is 8.25. The summed E-state index contributed by atoms with van der Waals surface area (Å²) in [5.41, 5.74) is 9.42. The molecule has 0 saturated carbocycles. The molecule has 0 fully saturated rings. The molecule has 1 aromatic heterocycles. The number of esters is 1. The van der Waals surface area contributed by atoms with E-state index in [1.54, 1.807) is 6.92 Å². The SMILES string of the molecule is CCCCC(CC)N(O)c1nc(N)nc(C)c1Cc1ccc(CC(=O)OCC)cc1. The first-order valence-electron chi connectivity index (χ1n) is 10.7. The number of rotatable bonds is 11. The smallest absolute Gasteiger partial charge is 0.310 e. The topological polar surface area (TPSA) is 102 Å². The lowest BCUT2D eigenvalue weighted by Crippen LogP contribution is -2.34. The molecule has 1 unspecified atom stereocenters. The Balaban J connectivity index is 2.25. The van der Waals surface area contributed by atoms with Crippen molar-refractivity contribution in [3.63, 3.8) is 0 Å². The lowest BCUT2D eigenvalue weighted by molar-refractivity contribution is -0.142. The fourth-order valence-corrected chi connectivity index (χ4v) is 3.47. The second kappa shape index (κ2) is 11.5. The summed E-state index contributed by atoms with van der Waals surface area (Å²) < 4.78 is 5.00. The summed E-state index contributed by atoms with van der Waals surface area (Å²) in [6, 6.07) is 7.77. The third-order valence-electron chi connectivity index (χ3n) is 5.19. The summed E-state index contributed by atoms with van der Waals surface area (Å²) in [7, 11) is 0. The van der Waals surface area contributed by atoms with Crippen LogP contribution in [0.4, 0.5) is 11.8 Å². The Bertz CT molecular complexity index is 824. The highest BCUT2D eigenvalue weighted by molar-refractivity contribution is 5.72. The van der Waals surface area contributed by atoms with Crippen LogP contribution in [0.1, 0.15) is 68.8 Å². The molecule has 0 spiro atoms. The van der Waals surface area contributed by atoms with Crippen LogP contribution < -0.4 is 10.8 Å². The Kier molecular flexibility index (Phi) is 9.05. The number of carbonyl (C=O) groups is 1. The highest BCUT2D eigenvalue weighted by Crippen LogP contribution is 2.27. The van der Waals surface area contributed by atoms with Gasteiger partial charge in [-0.1, -0.05) is 51.0 Å². The number of hydrogen-bond acceptors (Lipinski definition) is 7. The first-order valence-corrected chi connectivity index (χ1v) is 10.7. The van der Waals surface area contributed by atoms with E-state index in [0.717, 1.165) is 48.1 Å². The van der Waals surface area contributed by atoms with Gasteiger partial charge in [-0.3, -0.25) is 10.0 Å². The number of hydrogen-bond donors (Lipinski definition) is 2. The molecular formula is C23H34N4O3. The molecule has 7 nitrogen and oxygen atoms in total. The first kappa shape index (κ1) is 23.6. The number of ether oxygens (including phenoxy) is 1. The van der Waals surface area contributed by atoms with E-state index in [1.807, 2.05) is 31.2 Å². The second-order valence-electron chi connectivity index (χ2n) is 7.49. The summed E-state index contributed by atoms with van der Waals surface area (Å²) in [5, 5.41) is 12.2. The van der Waals surface area contributed by atoms with Crippen LogP contribution in [-0.2, 0) is 22.4 Å². The van der Waals surface area contributed by atoms with Gasteiger partial charge in [0.2, 0.25) is 5.95 Å². The fraction of sp³-hybridized carbons (Fsp3) is 0.522. The minimum atomic E-state index is -0.232. The predicted octanol–water partition coefficient (Wildman–Crippen LogP) is 4.23. The van der Waals surface area contributed by atoms with Crippen molar-refractivity contribution in [1.29, 1.82) is 0 Å². The van der Waals surface area contributed by atoms with Crippen molar-refractivity contribution in [2.24, 2.45) is 0 Å². The van der Waals surface area contributed by atoms with Gasteiger partial charge in [0.1, 0.15) is 0 Å². The van der Waals surface area contributed by atoms with Crippen LogP contribution in [0.25, 0.3) is 0 Å². The van der Waals surface area contributed by atoms with Crippen LogP contribution in [0.5, 0.6) is 0 Å². The Hall–Kier alpha value is -2.67. The molecule has 1 aromatic carbocycles. The molecule has 2 aromatic rings. The van der Waals surface area contributed by atoms with Crippen LogP contribution in [0.3, 0.4) is 0 Å². The van der Waals surface area contributed by atoms with E-state index in [4.69, 9.17) is 10.5 Å². The minimum absolute atomic E-state index is 0.0237. The third-order valence-corrected chi connectivity index (χ3v) is 5.19. The number of aromatic nitrogens is 2. The molecular weight excluding hydrogens is 380 g/mol. The van der Waals surface area contributed by atoms with Crippen LogP contribution in [0, 0.1) is 6.92 Å². The van der Waals surface area contributed by atoms with E-state index in [0.29, 0.717) is 18.8 Å². The van der Waals surface area contributed by atoms with Crippen molar-refractivity contribution >= 4 is 17.7 Å². The van der Waals surface area contributed by atoms with Crippen LogP contribution in [0.15, 0.2) is 24.3 Å². The number of nitrogen functional groups attached to an aromatic ring is 1. The number of anilines is 2. The Morgan fingerprint density at radius 1 is 1.17 bits per heavy atom. The molecule has 30 heavy (non-hydrogen) atoms. The minimum Gasteiger partial charge on any atom is -0.466 e. The molecule has 3 N–H and O–H groups in total. The molecule has 0 saturated heterocycles. The van der Waals surface area contributed by atoms with E-state index in [1.165, 1.54) is 5.06 Å². The average Bonchev–Trinajstić information content (AvgIpc) is 2.71. The molecule has 0 aliphatic carbocycles. The lowest BCUT2D eigenvalue weighted by Gasteiger charge is -2.28. The van der Waals surface area contributed by atoms with Gasteiger partial charge in [-0.2, -0.15) is 4.98 Å². The average molecular weight is 415 g/mol. The van der Waals surface area contributed by atoms with Crippen molar-refractivity contribution in [2.45, 2.75) is 72.3 Å². The van der Waals surface area contributed by atoms with Crippen LogP contribution in [0.2, 0.25) is 0 Å². The van der Waals surface area contributed by atoms with Gasteiger partial charge in [0.15, 0.2) is 5.82 Å². The maximum atomic E-state index is 11.7. The van der Waals surface area contributed by atoms with E-state index in [2.05, 4.69) is 23.8 Å². The number of hydroxylamine groups is 1. The highest BCUT2D eigenvalue weighted by Gasteiger charge is 2.22. The highest BCUT2D eigenvalue weighted by atomic mass is 16.5. The number of aryl methyl sites for hydroxylation is 1. The molecule has 0 bridgehead atoms. The molecule has 7 heteroatoms. The molecule has 0 radical (unpaired) electrons. The zero-order valence-corrected chi connectivity index (χ0v) is 18.5. The van der Waals surface area contributed by atoms with Gasteiger partial charge in [-0.25, -0.2) is 10.0 Å². The first-order chi connectivity index (χ1) is 14.4. The zero-order valence-electron chi connectivity index (χ0n) is 18.5. The Labute approximate surface area is 179 Å². The maximum Gasteiger partial charge on any atom is 0.310 e. The Morgan fingerprint density at radius 2 is 1.83 bits per heavy atom. The van der Waals surface area contributed by atoms with Crippen molar-refractivity contribution in [1.82, 2.24) is 9.97 Å². The number of carbonyl (C=O) groups excluding carboxylic acids is 1. The quantitative estimate of drug-likeness (QED) is 0.419. The predicted molar refractivity (Wildman–Crippen MR) is 119 cm³/mol. The molecule has 164 valence electrons. The van der Waals surface area contributed by atoms with Crippen LogP contribution in [-0.4, -0.2) is 33.8 Å². The number of unbranched alkanes of at least 4 members (excludes halogenated alkanes) is 1. The van der Waals surface area contributed by atoms with Gasteiger partial charge in [0.25, 0.3) is 0 Å². The van der Waals surface area contributed by atoms with Crippen molar-refractivity contribution < 1.29 is 14.7 Å².